The molecule has 0 radical (unpaired) electrons. The largest absolute Gasteiger partial charge is 0.398 e. The average Bonchev–Trinajstić information content (AvgIpc) is 2.35. The van der Waals surface area contributed by atoms with Crippen molar-refractivity contribution in [3.63, 3.8) is 0 Å². The maximum atomic E-state index is 11.9. The molecule has 1 saturated heterocycles. The van der Waals surface area contributed by atoms with Gasteiger partial charge < -0.3 is 15.2 Å². The highest BCUT2D eigenvalue weighted by Crippen LogP contribution is 2.16. The Morgan fingerprint density at radius 1 is 1.33 bits per heavy atom. The molecule has 0 bridgehead atoms. The number of anilines is 1. The molecular formula is C13H19N3O2. The first-order valence-electron chi connectivity index (χ1n) is 6.32. The number of hydrogen-bond acceptors (Lipinski definition) is 3. The molecule has 0 spiro atoms. The Kier molecular flexibility index (Phi) is 3.69. The first-order chi connectivity index (χ1) is 8.58. The van der Waals surface area contributed by atoms with Crippen LogP contribution in [0.3, 0.4) is 0 Å². The summed E-state index contributed by atoms with van der Waals surface area (Å²) in [4.78, 5) is 25.3. The van der Waals surface area contributed by atoms with Crippen molar-refractivity contribution < 1.29 is 4.79 Å². The van der Waals surface area contributed by atoms with Crippen molar-refractivity contribution in [2.45, 2.75) is 26.3 Å². The van der Waals surface area contributed by atoms with Crippen LogP contribution in [-0.2, 0) is 11.3 Å². The van der Waals surface area contributed by atoms with E-state index < -0.39 is 0 Å². The molecule has 2 heterocycles. The highest BCUT2D eigenvalue weighted by Gasteiger charge is 2.24. The summed E-state index contributed by atoms with van der Waals surface area (Å²) in [6, 6.07) is 3.04. The van der Waals surface area contributed by atoms with Gasteiger partial charge in [-0.2, -0.15) is 0 Å². The van der Waals surface area contributed by atoms with E-state index in [1.807, 2.05) is 11.8 Å². The van der Waals surface area contributed by atoms with Gasteiger partial charge in [-0.3, -0.25) is 9.59 Å². The van der Waals surface area contributed by atoms with Gasteiger partial charge in [-0.05, 0) is 18.9 Å². The third-order valence-corrected chi connectivity index (χ3v) is 3.42. The summed E-state index contributed by atoms with van der Waals surface area (Å²) in [5, 5.41) is 0. The van der Waals surface area contributed by atoms with Gasteiger partial charge >= 0.3 is 0 Å². The molecule has 0 aliphatic carbocycles. The highest BCUT2D eigenvalue weighted by atomic mass is 16.2. The fraction of sp³-hybridized carbons (Fsp3) is 0.538. The monoisotopic (exact) mass is 249 g/mol. The van der Waals surface area contributed by atoms with Gasteiger partial charge in [0.05, 0.1) is 0 Å². The molecule has 18 heavy (non-hydrogen) atoms. The molecule has 1 aromatic rings. The minimum Gasteiger partial charge on any atom is -0.398 e. The zero-order valence-corrected chi connectivity index (χ0v) is 10.6. The Morgan fingerprint density at radius 3 is 2.89 bits per heavy atom. The van der Waals surface area contributed by atoms with E-state index in [-0.39, 0.29) is 17.4 Å². The molecule has 1 atom stereocenters. The van der Waals surface area contributed by atoms with Gasteiger partial charge in [-0.1, -0.05) is 6.92 Å². The molecule has 1 aliphatic rings. The van der Waals surface area contributed by atoms with Gasteiger partial charge in [0.25, 0.3) is 5.56 Å². The first-order valence-corrected chi connectivity index (χ1v) is 6.32. The molecule has 2 N–H and O–H groups in total. The standard InChI is InChI=1S/C13H19N3O2/c1-10-3-2-6-15(13(10)18)7-8-16-9-11(14)4-5-12(16)17/h4-5,9-10H,2-3,6-8,14H2,1H3. The predicted molar refractivity (Wildman–Crippen MR) is 70.1 cm³/mol. The van der Waals surface area contributed by atoms with Crippen LogP contribution in [0.25, 0.3) is 0 Å². The number of nitrogens with zero attached hydrogens (tertiary/aromatic N) is 2. The van der Waals surface area contributed by atoms with Crippen LogP contribution < -0.4 is 11.3 Å². The van der Waals surface area contributed by atoms with Crippen molar-refractivity contribution in [3.05, 3.63) is 28.7 Å². The maximum Gasteiger partial charge on any atom is 0.250 e. The van der Waals surface area contributed by atoms with Gasteiger partial charge in [0.15, 0.2) is 0 Å². The zero-order valence-electron chi connectivity index (χ0n) is 10.6. The van der Waals surface area contributed by atoms with Crippen LogP contribution in [0.5, 0.6) is 0 Å². The Morgan fingerprint density at radius 2 is 2.11 bits per heavy atom. The van der Waals surface area contributed by atoms with Crippen LogP contribution in [0.2, 0.25) is 0 Å². The number of nitrogen functional groups attached to an aromatic ring is 1. The SMILES string of the molecule is CC1CCCN(CCn2cc(N)ccc2=O)C1=O. The second-order valence-electron chi connectivity index (χ2n) is 4.86. The quantitative estimate of drug-likeness (QED) is 0.857. The molecule has 0 aromatic carbocycles. The van der Waals surface area contributed by atoms with Crippen LogP contribution in [0.4, 0.5) is 5.69 Å². The maximum absolute atomic E-state index is 11.9. The molecule has 2 rings (SSSR count). The van der Waals surface area contributed by atoms with E-state index in [0.29, 0.717) is 18.8 Å². The third-order valence-electron chi connectivity index (χ3n) is 3.42. The summed E-state index contributed by atoms with van der Waals surface area (Å²) in [6.45, 7) is 3.83. The van der Waals surface area contributed by atoms with Crippen LogP contribution in [0, 0.1) is 5.92 Å². The van der Waals surface area contributed by atoms with E-state index in [2.05, 4.69) is 0 Å². The van der Waals surface area contributed by atoms with Crippen molar-refractivity contribution in [3.8, 4) is 0 Å². The van der Waals surface area contributed by atoms with E-state index in [1.54, 1.807) is 16.8 Å². The van der Waals surface area contributed by atoms with E-state index >= 15 is 0 Å². The second kappa shape index (κ2) is 5.25. The third kappa shape index (κ3) is 2.72. The molecule has 1 unspecified atom stereocenters. The number of hydrogen-bond donors (Lipinski definition) is 1. The number of likely N-dealkylation sites (tertiary alicyclic amines) is 1. The Labute approximate surface area is 106 Å². The number of nitrogens with two attached hydrogens (primary N) is 1. The number of amides is 1. The molecular weight excluding hydrogens is 230 g/mol. The molecule has 5 nitrogen and oxygen atoms in total. The van der Waals surface area contributed by atoms with E-state index in [4.69, 9.17) is 5.73 Å². The summed E-state index contributed by atoms with van der Waals surface area (Å²) in [5.74, 6) is 0.300. The van der Waals surface area contributed by atoms with Crippen molar-refractivity contribution in [1.29, 1.82) is 0 Å². The lowest BCUT2D eigenvalue weighted by Gasteiger charge is -2.30. The van der Waals surface area contributed by atoms with Crippen LogP contribution in [0.15, 0.2) is 23.1 Å². The van der Waals surface area contributed by atoms with Gasteiger partial charge in [0, 0.05) is 43.5 Å². The molecule has 1 aliphatic heterocycles. The Hall–Kier alpha value is -1.78. The average molecular weight is 249 g/mol. The van der Waals surface area contributed by atoms with Crippen molar-refractivity contribution >= 4 is 11.6 Å². The zero-order chi connectivity index (χ0) is 13.1. The van der Waals surface area contributed by atoms with Gasteiger partial charge in [-0.25, -0.2) is 0 Å². The first kappa shape index (κ1) is 12.7. The molecule has 0 saturated carbocycles. The number of rotatable bonds is 3. The summed E-state index contributed by atoms with van der Waals surface area (Å²) in [6.07, 6.45) is 3.63. The van der Waals surface area contributed by atoms with E-state index in [1.165, 1.54) is 6.07 Å². The fourth-order valence-electron chi connectivity index (χ4n) is 2.31. The topological polar surface area (TPSA) is 68.3 Å². The van der Waals surface area contributed by atoms with Crippen LogP contribution in [-0.4, -0.2) is 28.5 Å². The predicted octanol–water partition coefficient (Wildman–Crippen LogP) is 0.689. The van der Waals surface area contributed by atoms with Crippen LogP contribution in [0.1, 0.15) is 19.8 Å². The number of carbonyl (C=O) groups is 1. The minimum absolute atomic E-state index is 0.0818. The normalized spacial score (nSPS) is 20.2. The van der Waals surface area contributed by atoms with Crippen LogP contribution >= 0.6 is 0 Å². The van der Waals surface area contributed by atoms with Gasteiger partial charge in [-0.15, -0.1) is 0 Å². The molecule has 1 amide bonds. The highest BCUT2D eigenvalue weighted by molar-refractivity contribution is 5.79. The molecule has 1 fully saturated rings. The lowest BCUT2D eigenvalue weighted by molar-refractivity contribution is -0.137. The number of pyridine rings is 1. The fourth-order valence-corrected chi connectivity index (χ4v) is 2.31. The summed E-state index contributed by atoms with van der Waals surface area (Å²) < 4.78 is 1.56. The van der Waals surface area contributed by atoms with Crippen molar-refractivity contribution in [2.24, 2.45) is 5.92 Å². The molecule has 5 heteroatoms. The van der Waals surface area contributed by atoms with Gasteiger partial charge in [0.2, 0.25) is 5.91 Å². The Balaban J connectivity index is 2.01. The summed E-state index contributed by atoms with van der Waals surface area (Å²) >= 11 is 0. The van der Waals surface area contributed by atoms with E-state index in [9.17, 15) is 9.59 Å². The molecule has 98 valence electrons. The minimum atomic E-state index is -0.0818. The van der Waals surface area contributed by atoms with Crippen molar-refractivity contribution in [1.82, 2.24) is 9.47 Å². The lowest BCUT2D eigenvalue weighted by Crippen LogP contribution is -2.42. The lowest BCUT2D eigenvalue weighted by atomic mass is 9.99. The number of aromatic nitrogens is 1. The number of piperidine rings is 1. The van der Waals surface area contributed by atoms with E-state index in [0.717, 1.165) is 19.4 Å². The Bertz CT molecular complexity index is 495. The summed E-state index contributed by atoms with van der Waals surface area (Å²) in [5.41, 5.74) is 6.13. The number of carbonyl (C=O) groups excluding carboxylic acids is 1. The molecule has 1 aromatic heterocycles. The summed E-state index contributed by atoms with van der Waals surface area (Å²) in [7, 11) is 0. The van der Waals surface area contributed by atoms with Gasteiger partial charge in [0.1, 0.15) is 0 Å². The second-order valence-corrected chi connectivity index (χ2v) is 4.86. The van der Waals surface area contributed by atoms with Crippen molar-refractivity contribution in [2.75, 3.05) is 18.8 Å². The smallest absolute Gasteiger partial charge is 0.250 e.